The molecule has 768 valence electrons. The van der Waals surface area contributed by atoms with Crippen molar-refractivity contribution in [2.24, 2.45) is 0 Å². The van der Waals surface area contributed by atoms with E-state index >= 15 is 0 Å². The highest BCUT2D eigenvalue weighted by atomic mass is 16.3. The molecule has 4 saturated carbocycles. The molecule has 8 N–H and O–H groups in total. The highest BCUT2D eigenvalue weighted by Crippen LogP contribution is 2.45. The first-order chi connectivity index (χ1) is 70.1. The normalized spacial score (nSPS) is 22.0. The Morgan fingerprint density at radius 3 is 0.896 bits per heavy atom. The summed E-state index contributed by atoms with van der Waals surface area (Å²) in [6.07, 6.45) is 60.6. The molecule has 4 aliphatic carbocycles. The molecule has 0 unspecified atom stereocenters. The van der Waals surface area contributed by atoms with E-state index in [1.54, 1.807) is 55.5 Å². The van der Waals surface area contributed by atoms with Crippen LogP contribution in [0.5, 0.6) is 0 Å². The van der Waals surface area contributed by atoms with Crippen LogP contribution < -0.4 is 21.3 Å². The van der Waals surface area contributed by atoms with Crippen LogP contribution in [0.25, 0.3) is 44.1 Å². The number of hydrogen-bond donors (Lipinski definition) is 8. The van der Waals surface area contributed by atoms with Gasteiger partial charge in [0.2, 0.25) is 29.6 Å². The van der Waals surface area contributed by atoms with Crippen LogP contribution in [-0.2, 0) is 0 Å². The lowest BCUT2D eigenvalue weighted by Gasteiger charge is -2.32. The van der Waals surface area contributed by atoms with Gasteiger partial charge in [-0.2, -0.15) is 19.9 Å². The number of piperidine rings is 4. The van der Waals surface area contributed by atoms with Gasteiger partial charge in [0.05, 0.1) is 36.2 Å². The Hall–Kier alpha value is -12.2. The molecule has 4 atom stereocenters. The number of nitrogens with one attached hydrogen (secondary N) is 4. The van der Waals surface area contributed by atoms with Gasteiger partial charge >= 0.3 is 0 Å². The lowest BCUT2D eigenvalue weighted by molar-refractivity contribution is 0.0695. The number of carbonyl (C=O) groups excluding carboxylic acids is 4. The minimum absolute atomic E-state index is 0.00232. The third kappa shape index (κ3) is 25.3. The average molecular weight is 1970 g/mol. The van der Waals surface area contributed by atoms with Crippen molar-refractivity contribution in [2.75, 3.05) is 73.6 Å². The Bertz CT molecular complexity index is 5400. The number of nitrogens with zero attached hydrogens (tertiary/aromatic N) is 23. The number of pyridine rings is 1. The fourth-order valence-electron chi connectivity index (χ4n) is 23.1. The predicted molar refractivity (Wildman–Crippen MR) is 558 cm³/mol. The minimum atomic E-state index is -0.195. The fraction of sp³-hybridized carbons (Fsp3) is 0.587. The van der Waals surface area contributed by atoms with E-state index in [1.807, 2.05) is 56.5 Å². The van der Waals surface area contributed by atoms with Crippen molar-refractivity contribution in [2.45, 2.75) is 357 Å². The van der Waals surface area contributed by atoms with E-state index in [0.29, 0.717) is 152 Å². The second kappa shape index (κ2) is 49.1. The maximum absolute atomic E-state index is 12.9. The van der Waals surface area contributed by atoms with Crippen LogP contribution in [-0.4, -0.2) is 258 Å². The summed E-state index contributed by atoms with van der Waals surface area (Å²) in [5.74, 6) is 4.22. The number of rotatable bonds is 28. The van der Waals surface area contributed by atoms with E-state index in [9.17, 15) is 39.6 Å². The lowest BCUT2D eigenvalue weighted by atomic mass is 9.89. The first kappa shape index (κ1) is 103. The molecule has 16 heterocycles. The number of fused-ring (bicyclic) bond motifs is 4. The van der Waals surface area contributed by atoms with Crippen LogP contribution in [0.2, 0.25) is 0 Å². The van der Waals surface area contributed by atoms with Gasteiger partial charge in [-0.1, -0.05) is 59.4 Å². The van der Waals surface area contributed by atoms with Gasteiger partial charge in [0.25, 0.3) is 23.6 Å². The van der Waals surface area contributed by atoms with Crippen molar-refractivity contribution < 1.29 is 39.6 Å². The van der Waals surface area contributed by atoms with Gasteiger partial charge in [-0.3, -0.25) is 29.1 Å². The summed E-state index contributed by atoms with van der Waals surface area (Å²) in [5.41, 5.74) is 10.5. The maximum atomic E-state index is 12.9. The topological polar surface area (TPSA) is 423 Å². The van der Waals surface area contributed by atoms with E-state index in [4.69, 9.17) is 19.9 Å². The maximum Gasteiger partial charge on any atom is 0.291 e. The second-order valence-corrected chi connectivity index (χ2v) is 41.6. The summed E-state index contributed by atoms with van der Waals surface area (Å²) in [4.78, 5) is 126. The van der Waals surface area contributed by atoms with Gasteiger partial charge in [-0.05, 0) is 272 Å². The first-order valence-corrected chi connectivity index (χ1v) is 53.8. The van der Waals surface area contributed by atoms with Gasteiger partial charge in [0.15, 0.2) is 0 Å². The average Bonchev–Trinajstić information content (AvgIpc) is 1.63. The molecule has 144 heavy (non-hydrogen) atoms. The highest BCUT2D eigenvalue weighted by molar-refractivity contribution is 5.95. The summed E-state index contributed by atoms with van der Waals surface area (Å²) in [6.45, 7) is 23.0. The molecule has 4 amide bonds. The summed E-state index contributed by atoms with van der Waals surface area (Å²) in [5, 5.41) is 58.5. The van der Waals surface area contributed by atoms with Crippen LogP contribution in [0.1, 0.15) is 373 Å². The van der Waals surface area contributed by atoms with Crippen molar-refractivity contribution in [3.05, 3.63) is 175 Å². The number of amides is 4. The van der Waals surface area contributed by atoms with Crippen LogP contribution in [0.3, 0.4) is 0 Å². The van der Waals surface area contributed by atoms with Crippen molar-refractivity contribution in [1.82, 2.24) is 113 Å². The van der Waals surface area contributed by atoms with Crippen LogP contribution in [0.15, 0.2) is 130 Å². The molecule has 0 spiro atoms. The quantitative estimate of drug-likeness (QED) is 0.0226. The zero-order chi connectivity index (χ0) is 100. The van der Waals surface area contributed by atoms with Gasteiger partial charge in [-0.25, -0.2) is 44.9 Å². The summed E-state index contributed by atoms with van der Waals surface area (Å²) in [6, 6.07) is 9.80. The van der Waals surface area contributed by atoms with Gasteiger partial charge in [0.1, 0.15) is 40.3 Å². The van der Waals surface area contributed by atoms with E-state index in [1.165, 1.54) is 34.8 Å². The predicted octanol–water partition coefficient (Wildman–Crippen LogP) is 17.9. The molecule has 4 aliphatic heterocycles. The summed E-state index contributed by atoms with van der Waals surface area (Å²) >= 11 is 0. The van der Waals surface area contributed by atoms with Crippen LogP contribution >= 0.6 is 0 Å². The number of likely N-dealkylation sites (tertiary alicyclic amines) is 4. The van der Waals surface area contributed by atoms with Crippen molar-refractivity contribution >= 4 is 91.6 Å². The van der Waals surface area contributed by atoms with Gasteiger partial charge < -0.3 is 79.6 Å². The highest BCUT2D eigenvalue weighted by Gasteiger charge is 2.38. The molecule has 35 heteroatoms. The standard InChI is InChI=1S/C28H38N6O2.3C27H37N7O2/c1-3-6-19(2)31-28-30-17-23-24(18-34(26(23)32-28)21-8-10-22(35)11-9-21)20-12-15-33(16-13-20)27(36)25-7-4-5-14-29-25;1-3-5-18(2)31-27-30-16-22-23(17-34(25(22)32-27)20-6-8-21(35)9-7-20)19-10-14-33(15-11-19)26(36)24-28-12-4-13-29-24;1-3-4-18(2)31-27-30-15-22-23(17-34(25(22)32-27)20-5-7-21(35)8-6-20)19-9-13-33(14-10-19)26(36)24-16-28-11-12-29-24;1-3-4-18(2)31-27-30-15-23-24(16-34(25(23)32-27)21-5-7-22(35)8-6-21)19-9-11-33(12-10-19)26(36)20-13-28-17-29-14-20/h4-5,7,14,17-22,35H,3,6,8-13,15-16H2,1-2H3,(H,30,31,32);4,12-13,16-21,35H,3,5-11,14-15H2,1-2H3,(H,30,31,32);11-12,15-21,35H,3-10,13-14H2,1-2H3,(H,30,31,32);13-19,21-22,35H,3-12H2,1-2H3,(H,30,31,32)/t19-,21?,22?;2*18-,20?,21?;18-,21?,22?/m0000/s1. The van der Waals surface area contributed by atoms with E-state index < -0.39 is 0 Å². The molecule has 35 nitrogen and oxygen atoms in total. The number of aliphatic hydroxyl groups is 4. The fourth-order valence-corrected chi connectivity index (χ4v) is 23.1. The second-order valence-electron chi connectivity index (χ2n) is 41.6. The largest absolute Gasteiger partial charge is 0.393 e. The molecule has 20 rings (SSSR count). The first-order valence-electron chi connectivity index (χ1n) is 53.8. The molecule has 12 aromatic heterocycles. The third-order valence-corrected chi connectivity index (χ3v) is 31.2. The number of hydrogen-bond acceptors (Lipinski definition) is 27. The lowest BCUT2D eigenvalue weighted by Crippen LogP contribution is -2.38. The smallest absolute Gasteiger partial charge is 0.291 e. The Balaban J connectivity index is 0.000000132. The molecule has 0 bridgehead atoms. The minimum Gasteiger partial charge on any atom is -0.393 e. The molecular formula is C109H149N27O8. The Morgan fingerprint density at radius 2 is 0.604 bits per heavy atom. The molecule has 0 aromatic carbocycles. The van der Waals surface area contributed by atoms with Gasteiger partial charge in [0, 0.05) is 215 Å². The Morgan fingerprint density at radius 1 is 0.312 bits per heavy atom. The zero-order valence-electron chi connectivity index (χ0n) is 85.4. The molecule has 8 fully saturated rings. The van der Waals surface area contributed by atoms with Crippen LogP contribution in [0, 0.1) is 0 Å². The summed E-state index contributed by atoms with van der Waals surface area (Å²) < 4.78 is 9.36. The van der Waals surface area contributed by atoms with E-state index in [-0.39, 0.29) is 53.9 Å². The van der Waals surface area contributed by atoms with Gasteiger partial charge in [-0.15, -0.1) is 0 Å². The molecule has 8 aliphatic rings. The molecule has 4 saturated heterocycles. The van der Waals surface area contributed by atoms with Crippen molar-refractivity contribution in [1.29, 1.82) is 0 Å². The third-order valence-electron chi connectivity index (χ3n) is 31.2. The number of carbonyl (C=O) groups is 4. The SMILES string of the molecule is CCC[C@H](C)Nc1ncc2c(C3CCN(C(=O)c4ccccn4)CC3)cn(C3CCC(O)CC3)c2n1.CCC[C@H](C)Nc1ncc2c(C3CCN(C(=O)c4cnccn4)CC3)cn(C3CCC(O)CC3)c2n1.CCC[C@H](C)Nc1ncc2c(C3CCN(C(=O)c4cncnc4)CC3)cn(C3CCC(O)CC3)c2n1.CCC[C@H](C)Nc1ncc2c(C3CCN(C(=O)c4ncccn4)CC3)cn(C3CCC(O)CC3)c2n1. The van der Waals surface area contributed by atoms with Crippen LogP contribution in [0.4, 0.5) is 23.8 Å². The van der Waals surface area contributed by atoms with Crippen molar-refractivity contribution in [3.8, 4) is 0 Å². The zero-order valence-corrected chi connectivity index (χ0v) is 85.4. The Labute approximate surface area is 844 Å². The number of aromatic nitrogens is 19. The molecular weight excluding hydrogens is 1820 g/mol. The number of aliphatic hydroxyl groups excluding tert-OH is 4. The molecule has 0 radical (unpaired) electrons. The Kier molecular flexibility index (Phi) is 35.2. The van der Waals surface area contributed by atoms with E-state index in [0.717, 1.165) is 263 Å². The summed E-state index contributed by atoms with van der Waals surface area (Å²) in [7, 11) is 0. The molecule has 12 aromatic rings. The van der Waals surface area contributed by atoms with E-state index in [2.05, 4.69) is 175 Å². The monoisotopic (exact) mass is 1960 g/mol. The number of anilines is 4. The van der Waals surface area contributed by atoms with Crippen molar-refractivity contribution in [3.63, 3.8) is 0 Å².